The average molecular weight is 403 g/mol. The highest BCUT2D eigenvalue weighted by Gasteiger charge is 2.23. The van der Waals surface area contributed by atoms with Crippen LogP contribution in [-0.2, 0) is 0 Å². The zero-order chi connectivity index (χ0) is 19.3. The molecule has 0 aromatic rings. The minimum absolute atomic E-state index is 0.301. The van der Waals surface area contributed by atoms with E-state index < -0.39 is 0 Å². The Morgan fingerprint density at radius 1 is 0.462 bits per heavy atom. The summed E-state index contributed by atoms with van der Waals surface area (Å²) in [5.74, 6) is 1.03. The van der Waals surface area contributed by atoms with Gasteiger partial charge >= 0.3 is 0 Å². The van der Waals surface area contributed by atoms with Crippen molar-refractivity contribution in [1.29, 1.82) is 0 Å². The molecule has 0 fully saturated rings. The van der Waals surface area contributed by atoms with Crippen LogP contribution in [0.4, 0.5) is 0 Å². The van der Waals surface area contributed by atoms with Gasteiger partial charge in [-0.15, -0.1) is 0 Å². The summed E-state index contributed by atoms with van der Waals surface area (Å²) < 4.78 is 0.301. The molecular weight excluding hydrogens is 352 g/mol. The van der Waals surface area contributed by atoms with E-state index in [2.05, 4.69) is 26.5 Å². The zero-order valence-electron chi connectivity index (χ0n) is 18.2. The molecule has 1 unspecified atom stereocenters. The van der Waals surface area contributed by atoms with E-state index in [1.807, 2.05) is 0 Å². The normalized spacial score (nSPS) is 13.8. The first-order valence-electron chi connectivity index (χ1n) is 12.0. The first kappa shape index (κ1) is 26.7. The molecule has 0 nitrogen and oxygen atoms in total. The van der Waals surface area contributed by atoms with E-state index in [9.17, 15) is 0 Å². The molecule has 0 saturated carbocycles. The summed E-state index contributed by atoms with van der Waals surface area (Å²) in [5, 5.41) is 0. The lowest BCUT2D eigenvalue weighted by Crippen LogP contribution is -2.21. The molecular formula is C24H50S2. The lowest BCUT2D eigenvalue weighted by atomic mass is 9.89. The van der Waals surface area contributed by atoms with Crippen LogP contribution in [0.1, 0.15) is 142 Å². The van der Waals surface area contributed by atoms with Crippen LogP contribution < -0.4 is 0 Å². The van der Waals surface area contributed by atoms with Crippen molar-refractivity contribution in [3.05, 3.63) is 0 Å². The molecule has 1 atom stereocenters. The molecule has 0 aromatic carbocycles. The topological polar surface area (TPSA) is 0 Å². The van der Waals surface area contributed by atoms with Crippen LogP contribution in [0.15, 0.2) is 0 Å². The molecule has 0 saturated heterocycles. The van der Waals surface area contributed by atoms with E-state index in [1.165, 1.54) is 128 Å². The number of unbranched alkanes of at least 4 members (excludes halogenated alkanes) is 14. The average Bonchev–Trinajstić information content (AvgIpc) is 2.63. The second kappa shape index (κ2) is 20.4. The van der Waals surface area contributed by atoms with Crippen molar-refractivity contribution >= 4 is 25.3 Å². The quantitative estimate of drug-likeness (QED) is 0.139. The third kappa shape index (κ3) is 18.1. The molecule has 0 aromatic heterocycles. The van der Waals surface area contributed by atoms with E-state index >= 15 is 0 Å². The highest BCUT2D eigenvalue weighted by Crippen LogP contribution is 2.34. The van der Waals surface area contributed by atoms with Gasteiger partial charge in [0.15, 0.2) is 0 Å². The highest BCUT2D eigenvalue weighted by atomic mass is 32.1. The van der Waals surface area contributed by atoms with Crippen LogP contribution >= 0.6 is 25.3 Å². The lowest BCUT2D eigenvalue weighted by molar-refractivity contribution is 0.413. The Balaban J connectivity index is 3.80. The molecule has 0 amide bonds. The molecule has 0 rings (SSSR count). The summed E-state index contributed by atoms with van der Waals surface area (Å²) in [6, 6.07) is 0. The van der Waals surface area contributed by atoms with Gasteiger partial charge in [0.25, 0.3) is 0 Å². The Morgan fingerprint density at radius 2 is 0.769 bits per heavy atom. The van der Waals surface area contributed by atoms with Gasteiger partial charge in [0.2, 0.25) is 0 Å². The number of hydrogen-bond donors (Lipinski definition) is 2. The van der Waals surface area contributed by atoms with Gasteiger partial charge in [-0.3, -0.25) is 0 Å². The van der Waals surface area contributed by atoms with Crippen molar-refractivity contribution in [3.8, 4) is 0 Å². The van der Waals surface area contributed by atoms with Crippen LogP contribution in [-0.4, -0.2) is 10.5 Å². The fourth-order valence-electron chi connectivity index (χ4n) is 3.94. The van der Waals surface area contributed by atoms with E-state index in [0.29, 0.717) is 4.75 Å². The summed E-state index contributed by atoms with van der Waals surface area (Å²) in [5.41, 5.74) is 0. The molecule has 26 heavy (non-hydrogen) atoms. The fraction of sp³-hybridized carbons (Fsp3) is 1.00. The second-order valence-corrected chi connectivity index (χ2v) is 9.90. The third-order valence-corrected chi connectivity index (χ3v) is 6.78. The first-order valence-corrected chi connectivity index (χ1v) is 13.1. The largest absolute Gasteiger partial charge is 0.179 e. The molecule has 0 heterocycles. The van der Waals surface area contributed by atoms with E-state index in [0.717, 1.165) is 5.75 Å². The van der Waals surface area contributed by atoms with Gasteiger partial charge < -0.3 is 0 Å². The van der Waals surface area contributed by atoms with Crippen LogP contribution in [0.2, 0.25) is 0 Å². The molecule has 0 aliphatic carbocycles. The van der Waals surface area contributed by atoms with Crippen molar-refractivity contribution in [1.82, 2.24) is 0 Å². The summed E-state index contributed by atoms with van der Waals surface area (Å²) in [4.78, 5) is 0. The summed E-state index contributed by atoms with van der Waals surface area (Å²) in [6.45, 7) is 4.59. The van der Waals surface area contributed by atoms with Gasteiger partial charge in [0, 0.05) is 4.75 Å². The molecule has 0 spiro atoms. The Labute approximate surface area is 177 Å². The second-order valence-electron chi connectivity index (χ2n) is 8.50. The predicted molar refractivity (Wildman–Crippen MR) is 129 cm³/mol. The van der Waals surface area contributed by atoms with Crippen LogP contribution in [0.25, 0.3) is 0 Å². The van der Waals surface area contributed by atoms with E-state index in [1.54, 1.807) is 0 Å². The third-order valence-electron chi connectivity index (χ3n) is 5.79. The maximum absolute atomic E-state index is 5.18. The van der Waals surface area contributed by atoms with E-state index in [4.69, 9.17) is 12.6 Å². The minimum atomic E-state index is 0.301. The minimum Gasteiger partial charge on any atom is -0.179 e. The number of rotatable bonds is 21. The Hall–Kier alpha value is 0.700. The first-order chi connectivity index (χ1) is 12.7. The summed E-state index contributed by atoms with van der Waals surface area (Å²) in [7, 11) is 0. The summed E-state index contributed by atoms with van der Waals surface area (Å²) >= 11 is 9.56. The summed E-state index contributed by atoms with van der Waals surface area (Å²) in [6.07, 6.45) is 27.7. The lowest BCUT2D eigenvalue weighted by Gasteiger charge is -2.29. The van der Waals surface area contributed by atoms with Crippen LogP contribution in [0.5, 0.6) is 0 Å². The molecule has 0 bridgehead atoms. The Kier molecular flexibility index (Phi) is 21.0. The van der Waals surface area contributed by atoms with Crippen molar-refractivity contribution in [3.63, 3.8) is 0 Å². The van der Waals surface area contributed by atoms with Crippen LogP contribution in [0.3, 0.4) is 0 Å². The molecule has 0 aliphatic rings. The van der Waals surface area contributed by atoms with E-state index in [-0.39, 0.29) is 0 Å². The van der Waals surface area contributed by atoms with Crippen LogP contribution in [0, 0.1) is 0 Å². The molecule has 0 aliphatic heterocycles. The fourth-order valence-corrected chi connectivity index (χ4v) is 4.64. The molecule has 0 N–H and O–H groups in total. The zero-order valence-corrected chi connectivity index (χ0v) is 20.0. The van der Waals surface area contributed by atoms with Gasteiger partial charge in [-0.25, -0.2) is 0 Å². The number of thiol groups is 2. The van der Waals surface area contributed by atoms with Gasteiger partial charge in [-0.2, -0.15) is 25.3 Å². The molecule has 158 valence electrons. The van der Waals surface area contributed by atoms with Crippen molar-refractivity contribution < 1.29 is 0 Å². The smallest absolute Gasteiger partial charge is 0.0130 e. The highest BCUT2D eigenvalue weighted by molar-refractivity contribution is 7.81. The Morgan fingerprint density at radius 3 is 1.12 bits per heavy atom. The van der Waals surface area contributed by atoms with Crippen molar-refractivity contribution in [2.24, 2.45) is 0 Å². The SMILES string of the molecule is CCCCCCCCCCCCC(S)(CCCCS)CCCCCCC. The van der Waals surface area contributed by atoms with Gasteiger partial charge in [-0.05, 0) is 31.4 Å². The standard InChI is InChI=1S/C24H50S2/c1-3-5-7-9-10-11-12-13-15-17-21-24(26,22-18-19-23-25)20-16-14-8-6-4-2/h25-26H,3-23H2,1-2H3. The van der Waals surface area contributed by atoms with Gasteiger partial charge in [0.05, 0.1) is 0 Å². The molecule has 2 heteroatoms. The maximum Gasteiger partial charge on any atom is 0.0130 e. The van der Waals surface area contributed by atoms with Crippen molar-refractivity contribution in [2.75, 3.05) is 5.75 Å². The molecule has 0 radical (unpaired) electrons. The predicted octanol–water partition coefficient (Wildman–Crippen LogP) is 9.43. The van der Waals surface area contributed by atoms with Gasteiger partial charge in [-0.1, -0.05) is 117 Å². The Bertz CT molecular complexity index is 267. The van der Waals surface area contributed by atoms with Gasteiger partial charge in [0.1, 0.15) is 0 Å². The number of hydrogen-bond acceptors (Lipinski definition) is 2. The van der Waals surface area contributed by atoms with Crippen molar-refractivity contribution in [2.45, 2.75) is 147 Å². The monoisotopic (exact) mass is 402 g/mol. The maximum atomic E-state index is 5.18.